The van der Waals surface area contributed by atoms with Crippen LogP contribution in [0.25, 0.3) is 0 Å². The van der Waals surface area contributed by atoms with Gasteiger partial charge in [0.15, 0.2) is 11.6 Å². The normalized spacial score (nSPS) is 27.7. The summed E-state index contributed by atoms with van der Waals surface area (Å²) in [6, 6.07) is 2.16. The lowest BCUT2D eigenvalue weighted by molar-refractivity contribution is -0.149. The van der Waals surface area contributed by atoms with Crippen LogP contribution in [0.5, 0.6) is 5.75 Å². The van der Waals surface area contributed by atoms with Gasteiger partial charge in [0.05, 0.1) is 11.1 Å². The highest BCUT2D eigenvalue weighted by Gasteiger charge is 2.54. The van der Waals surface area contributed by atoms with E-state index in [1.165, 1.54) is 0 Å². The topological polar surface area (TPSA) is 67.9 Å². The molecule has 2 heterocycles. The predicted molar refractivity (Wildman–Crippen MR) is 91.5 cm³/mol. The Bertz CT molecular complexity index is 832. The molecule has 1 aliphatic carbocycles. The van der Waals surface area contributed by atoms with E-state index in [2.05, 4.69) is 5.32 Å². The number of alkyl carbamates (subject to hydrolysis) is 1. The summed E-state index contributed by atoms with van der Waals surface area (Å²) in [5.41, 5.74) is -1.49. The number of hydrogen-bond donors (Lipinski definition) is 1. The van der Waals surface area contributed by atoms with E-state index in [0.717, 1.165) is 12.1 Å². The number of nitrogens with one attached hydrogen (secondary N) is 1. The summed E-state index contributed by atoms with van der Waals surface area (Å²) in [6.45, 7) is 2.86. The number of amides is 2. The molecule has 3 aliphatic rings. The van der Waals surface area contributed by atoms with Crippen molar-refractivity contribution >= 4 is 12.0 Å². The average molecular weight is 416 g/mol. The van der Waals surface area contributed by atoms with Gasteiger partial charge in [0.2, 0.25) is 5.91 Å². The highest BCUT2D eigenvalue weighted by Crippen LogP contribution is 2.42. The SMILES string of the molecule is CC(Oc1ccc(C(F)(F)F)cc1F)C1CN(C(=O)[C@H]2C[C@@]3(COC(=O)N3)C2)C1. The van der Waals surface area contributed by atoms with E-state index in [9.17, 15) is 27.2 Å². The van der Waals surface area contributed by atoms with Crippen LogP contribution in [0.3, 0.4) is 0 Å². The van der Waals surface area contributed by atoms with Crippen molar-refractivity contribution in [2.45, 2.75) is 37.6 Å². The lowest BCUT2D eigenvalue weighted by Gasteiger charge is -2.48. The molecule has 2 amide bonds. The van der Waals surface area contributed by atoms with Gasteiger partial charge in [0, 0.05) is 24.9 Å². The fourth-order valence-corrected chi connectivity index (χ4v) is 4.09. The third-order valence-corrected chi connectivity index (χ3v) is 5.93. The summed E-state index contributed by atoms with van der Waals surface area (Å²) in [4.78, 5) is 25.4. The molecule has 0 bridgehead atoms. The Kier molecular flexibility index (Phi) is 4.62. The lowest BCUT2D eigenvalue weighted by atomic mass is 9.68. The molecule has 1 aromatic carbocycles. The van der Waals surface area contributed by atoms with Gasteiger partial charge in [-0.05, 0) is 38.0 Å². The molecule has 1 saturated carbocycles. The van der Waals surface area contributed by atoms with Crippen LogP contribution < -0.4 is 10.1 Å². The smallest absolute Gasteiger partial charge is 0.416 e. The fraction of sp³-hybridized carbons (Fsp3) is 0.579. The van der Waals surface area contributed by atoms with Gasteiger partial charge in [-0.3, -0.25) is 4.79 Å². The number of cyclic esters (lactones) is 1. The van der Waals surface area contributed by atoms with Crippen molar-refractivity contribution in [1.82, 2.24) is 10.2 Å². The van der Waals surface area contributed by atoms with Crippen molar-refractivity contribution in [2.75, 3.05) is 19.7 Å². The summed E-state index contributed by atoms with van der Waals surface area (Å²) >= 11 is 0. The van der Waals surface area contributed by atoms with Crippen LogP contribution in [-0.2, 0) is 15.7 Å². The first-order chi connectivity index (χ1) is 13.6. The van der Waals surface area contributed by atoms with Crippen LogP contribution in [0, 0.1) is 17.7 Å². The molecule has 29 heavy (non-hydrogen) atoms. The molecule has 4 rings (SSSR count). The van der Waals surface area contributed by atoms with E-state index >= 15 is 0 Å². The minimum atomic E-state index is -4.62. The first kappa shape index (κ1) is 19.8. The predicted octanol–water partition coefficient (Wildman–Crippen LogP) is 2.96. The van der Waals surface area contributed by atoms with Crippen LogP contribution in [0.15, 0.2) is 18.2 Å². The molecule has 1 aromatic rings. The Labute approximate surface area is 164 Å². The van der Waals surface area contributed by atoms with Gasteiger partial charge in [-0.25, -0.2) is 9.18 Å². The number of nitrogens with zero attached hydrogens (tertiary/aromatic N) is 1. The second kappa shape index (κ2) is 6.77. The minimum Gasteiger partial charge on any atom is -0.487 e. The molecule has 2 aliphatic heterocycles. The Morgan fingerprint density at radius 2 is 2.03 bits per heavy atom. The van der Waals surface area contributed by atoms with Crippen molar-refractivity contribution in [3.63, 3.8) is 0 Å². The van der Waals surface area contributed by atoms with Crippen LogP contribution in [0.4, 0.5) is 22.4 Å². The zero-order chi connectivity index (χ0) is 21.0. The Balaban J connectivity index is 1.26. The highest BCUT2D eigenvalue weighted by molar-refractivity contribution is 5.82. The van der Waals surface area contributed by atoms with E-state index in [4.69, 9.17) is 9.47 Å². The lowest BCUT2D eigenvalue weighted by Crippen LogP contribution is -2.62. The number of rotatable bonds is 4. The molecule has 158 valence electrons. The van der Waals surface area contributed by atoms with Crippen molar-refractivity contribution in [3.8, 4) is 5.75 Å². The van der Waals surface area contributed by atoms with Crippen LogP contribution in [0.1, 0.15) is 25.3 Å². The van der Waals surface area contributed by atoms with E-state index < -0.39 is 35.3 Å². The molecule has 1 unspecified atom stereocenters. The first-order valence-electron chi connectivity index (χ1n) is 9.33. The molecule has 10 heteroatoms. The average Bonchev–Trinajstić information content (AvgIpc) is 2.95. The summed E-state index contributed by atoms with van der Waals surface area (Å²) in [7, 11) is 0. The molecule has 2 saturated heterocycles. The minimum absolute atomic E-state index is 0.000865. The largest absolute Gasteiger partial charge is 0.487 e. The first-order valence-corrected chi connectivity index (χ1v) is 9.33. The number of likely N-dealkylation sites (tertiary alicyclic amines) is 1. The van der Waals surface area contributed by atoms with Gasteiger partial charge in [-0.1, -0.05) is 0 Å². The number of hydrogen-bond acceptors (Lipinski definition) is 4. The van der Waals surface area contributed by atoms with Crippen LogP contribution in [-0.4, -0.2) is 48.2 Å². The molecular weight excluding hydrogens is 396 g/mol. The van der Waals surface area contributed by atoms with Crippen molar-refractivity contribution in [3.05, 3.63) is 29.6 Å². The van der Waals surface area contributed by atoms with Gasteiger partial charge in [-0.2, -0.15) is 13.2 Å². The molecule has 0 aromatic heterocycles. The highest BCUT2D eigenvalue weighted by atomic mass is 19.4. The van der Waals surface area contributed by atoms with Crippen molar-refractivity contribution < 1.29 is 36.6 Å². The fourth-order valence-electron chi connectivity index (χ4n) is 4.09. The van der Waals surface area contributed by atoms with E-state index in [0.29, 0.717) is 32.0 Å². The Hall–Kier alpha value is -2.52. The molecule has 0 radical (unpaired) electrons. The molecule has 3 fully saturated rings. The summed E-state index contributed by atoms with van der Waals surface area (Å²) < 4.78 is 62.2. The maximum absolute atomic E-state index is 13.9. The molecular formula is C19H20F4N2O4. The third kappa shape index (κ3) is 3.72. The van der Waals surface area contributed by atoms with Gasteiger partial charge in [0.25, 0.3) is 0 Å². The third-order valence-electron chi connectivity index (χ3n) is 5.93. The monoisotopic (exact) mass is 416 g/mol. The van der Waals surface area contributed by atoms with E-state index in [-0.39, 0.29) is 30.1 Å². The van der Waals surface area contributed by atoms with Crippen molar-refractivity contribution in [1.29, 1.82) is 0 Å². The second-order valence-electron chi connectivity index (χ2n) is 8.06. The maximum Gasteiger partial charge on any atom is 0.416 e. The summed E-state index contributed by atoms with van der Waals surface area (Å²) in [6.07, 6.45) is -4.45. The number of benzene rings is 1. The quantitative estimate of drug-likeness (QED) is 0.767. The van der Waals surface area contributed by atoms with Gasteiger partial charge >= 0.3 is 12.3 Å². The molecule has 1 spiro atoms. The maximum atomic E-state index is 13.9. The van der Waals surface area contributed by atoms with Gasteiger partial charge < -0.3 is 19.7 Å². The molecule has 1 N–H and O–H groups in total. The van der Waals surface area contributed by atoms with Crippen LogP contribution >= 0.6 is 0 Å². The van der Waals surface area contributed by atoms with Gasteiger partial charge in [0.1, 0.15) is 12.7 Å². The Morgan fingerprint density at radius 1 is 1.34 bits per heavy atom. The van der Waals surface area contributed by atoms with Crippen LogP contribution in [0.2, 0.25) is 0 Å². The standard InChI is InChI=1S/C19H20F4N2O4/c1-10(29-15-3-2-13(4-14(15)20)19(21,22)23)12-7-25(8-12)16(26)11-5-18(6-11)9-28-17(27)24-18/h2-4,10-12H,5-9H2,1H3,(H,24,27)/t10?,11-,18-. The zero-order valence-electron chi connectivity index (χ0n) is 15.6. The number of ether oxygens (including phenoxy) is 2. The van der Waals surface area contributed by atoms with Crippen molar-refractivity contribution in [2.24, 2.45) is 11.8 Å². The number of halogens is 4. The molecule has 6 nitrogen and oxygen atoms in total. The number of carbonyl (C=O) groups is 2. The summed E-state index contributed by atoms with van der Waals surface area (Å²) in [5, 5.41) is 2.74. The second-order valence-corrected chi connectivity index (χ2v) is 8.06. The van der Waals surface area contributed by atoms with E-state index in [1.807, 2.05) is 0 Å². The van der Waals surface area contributed by atoms with E-state index in [1.54, 1.807) is 11.8 Å². The summed E-state index contributed by atoms with van der Waals surface area (Å²) in [5.74, 6) is -1.51. The zero-order valence-corrected chi connectivity index (χ0v) is 15.6. The Morgan fingerprint density at radius 3 is 2.59 bits per heavy atom. The number of carbonyl (C=O) groups excluding carboxylic acids is 2. The number of alkyl halides is 3. The molecule has 1 atom stereocenters. The van der Waals surface area contributed by atoms with Gasteiger partial charge in [-0.15, -0.1) is 0 Å².